The molecule has 1 fully saturated rings. The second-order valence-electron chi connectivity index (χ2n) is 5.99. The molecule has 136 valence electrons. The Balaban J connectivity index is 0.00000288. The zero-order chi connectivity index (χ0) is 17.0. The van der Waals surface area contributed by atoms with Crippen molar-refractivity contribution in [2.45, 2.75) is 48.8 Å². The number of carbonyl (C=O) groups excluding carboxylic acids is 1. The Morgan fingerprint density at radius 1 is 1.33 bits per heavy atom. The maximum Gasteiger partial charge on any atom is 0.224 e. The summed E-state index contributed by atoms with van der Waals surface area (Å²) < 4.78 is 37.9. The number of carbonyl (C=O) groups is 1. The number of hydrogen-bond acceptors (Lipinski definition) is 4. The molecule has 2 atom stereocenters. The number of benzene rings is 1. The molecule has 0 radical (unpaired) electrons. The molecule has 2 unspecified atom stereocenters. The molecule has 1 saturated heterocycles. The van der Waals surface area contributed by atoms with Gasteiger partial charge in [0.1, 0.15) is 5.82 Å². The Bertz CT molecular complexity index is 652. The van der Waals surface area contributed by atoms with Gasteiger partial charge in [-0.15, -0.1) is 12.4 Å². The van der Waals surface area contributed by atoms with E-state index in [0.29, 0.717) is 13.1 Å². The van der Waals surface area contributed by atoms with Gasteiger partial charge in [-0.2, -0.15) is 0 Å². The van der Waals surface area contributed by atoms with Gasteiger partial charge in [0.25, 0.3) is 0 Å². The van der Waals surface area contributed by atoms with Crippen molar-refractivity contribution >= 4 is 28.2 Å². The fourth-order valence-electron chi connectivity index (χ4n) is 2.90. The van der Waals surface area contributed by atoms with Gasteiger partial charge in [0.05, 0.1) is 10.1 Å². The largest absolute Gasteiger partial charge is 0.338 e. The number of sulfone groups is 1. The van der Waals surface area contributed by atoms with Crippen molar-refractivity contribution in [3.8, 4) is 0 Å². The maximum absolute atomic E-state index is 12.9. The number of nitrogens with zero attached hydrogens (tertiary/aromatic N) is 1. The van der Waals surface area contributed by atoms with Gasteiger partial charge in [-0.3, -0.25) is 4.79 Å². The summed E-state index contributed by atoms with van der Waals surface area (Å²) in [6.07, 6.45) is 2.73. The highest BCUT2D eigenvalue weighted by Crippen LogP contribution is 2.22. The molecule has 0 aliphatic carbocycles. The highest BCUT2D eigenvalue weighted by Gasteiger charge is 2.31. The van der Waals surface area contributed by atoms with Crippen LogP contribution in [0.2, 0.25) is 0 Å². The Hall–Kier alpha value is -1.18. The first-order valence-electron chi connectivity index (χ1n) is 7.85. The number of piperidine rings is 1. The van der Waals surface area contributed by atoms with Gasteiger partial charge in [0.15, 0.2) is 9.84 Å². The van der Waals surface area contributed by atoms with E-state index in [9.17, 15) is 17.6 Å². The third-order valence-electron chi connectivity index (χ3n) is 4.35. The third kappa shape index (κ3) is 4.68. The van der Waals surface area contributed by atoms with Crippen LogP contribution in [-0.2, 0) is 14.6 Å². The molecular weight excluding hydrogens is 355 g/mol. The molecule has 8 heteroatoms. The van der Waals surface area contributed by atoms with Gasteiger partial charge in [0.2, 0.25) is 5.91 Å². The van der Waals surface area contributed by atoms with Crippen molar-refractivity contribution in [3.05, 3.63) is 30.1 Å². The summed E-state index contributed by atoms with van der Waals surface area (Å²) >= 11 is 0. The lowest BCUT2D eigenvalue weighted by molar-refractivity contribution is -0.134. The smallest absolute Gasteiger partial charge is 0.224 e. The predicted molar refractivity (Wildman–Crippen MR) is 93.3 cm³/mol. The monoisotopic (exact) mass is 378 g/mol. The van der Waals surface area contributed by atoms with Crippen LogP contribution in [0.25, 0.3) is 0 Å². The lowest BCUT2D eigenvalue weighted by Crippen LogP contribution is -2.48. The van der Waals surface area contributed by atoms with Crippen LogP contribution in [0, 0.1) is 5.82 Å². The van der Waals surface area contributed by atoms with Gasteiger partial charge in [0, 0.05) is 25.6 Å². The summed E-state index contributed by atoms with van der Waals surface area (Å²) in [5.74, 6) is -0.676. The fraction of sp³-hybridized carbons (Fsp3) is 0.562. The van der Waals surface area contributed by atoms with Crippen molar-refractivity contribution < 1.29 is 17.6 Å². The van der Waals surface area contributed by atoms with E-state index in [0.717, 1.165) is 31.4 Å². The summed E-state index contributed by atoms with van der Waals surface area (Å²) in [6.45, 7) is 2.53. The molecule has 1 amide bonds. The van der Waals surface area contributed by atoms with Crippen LogP contribution >= 0.6 is 12.4 Å². The molecule has 2 rings (SSSR count). The van der Waals surface area contributed by atoms with Crippen LogP contribution in [0.15, 0.2) is 29.2 Å². The quantitative estimate of drug-likeness (QED) is 0.796. The summed E-state index contributed by atoms with van der Waals surface area (Å²) in [7, 11) is -3.66. The van der Waals surface area contributed by atoms with Crippen LogP contribution in [0.3, 0.4) is 0 Å². The van der Waals surface area contributed by atoms with Gasteiger partial charge < -0.3 is 10.6 Å². The van der Waals surface area contributed by atoms with Crippen molar-refractivity contribution in [2.24, 2.45) is 5.73 Å². The third-order valence-corrected chi connectivity index (χ3v) is 6.51. The number of hydrogen-bond donors (Lipinski definition) is 1. The molecule has 0 spiro atoms. The van der Waals surface area contributed by atoms with E-state index in [1.165, 1.54) is 19.1 Å². The molecule has 1 aromatic rings. The molecule has 0 saturated carbocycles. The van der Waals surface area contributed by atoms with E-state index in [-0.39, 0.29) is 35.7 Å². The van der Waals surface area contributed by atoms with Crippen LogP contribution in [0.4, 0.5) is 4.39 Å². The normalized spacial score (nSPS) is 19.5. The fourth-order valence-corrected chi connectivity index (χ4v) is 4.25. The van der Waals surface area contributed by atoms with Gasteiger partial charge >= 0.3 is 0 Å². The summed E-state index contributed by atoms with van der Waals surface area (Å²) in [5.41, 5.74) is 5.71. The maximum atomic E-state index is 12.9. The Kier molecular flexibility index (Phi) is 7.63. The van der Waals surface area contributed by atoms with Crippen LogP contribution in [0.1, 0.15) is 32.6 Å². The highest BCUT2D eigenvalue weighted by atomic mass is 35.5. The minimum Gasteiger partial charge on any atom is -0.338 e. The lowest BCUT2D eigenvalue weighted by atomic mass is 10.0. The van der Waals surface area contributed by atoms with Crippen molar-refractivity contribution in [2.75, 3.05) is 13.1 Å². The van der Waals surface area contributed by atoms with Gasteiger partial charge in [-0.1, -0.05) is 0 Å². The lowest BCUT2D eigenvalue weighted by Gasteiger charge is -2.35. The summed E-state index contributed by atoms with van der Waals surface area (Å²) in [5, 5.41) is -0.860. The molecule has 1 aliphatic rings. The van der Waals surface area contributed by atoms with Gasteiger partial charge in [-0.25, -0.2) is 12.8 Å². The number of rotatable bonds is 5. The van der Waals surface area contributed by atoms with E-state index < -0.39 is 20.9 Å². The van der Waals surface area contributed by atoms with E-state index in [4.69, 9.17) is 5.73 Å². The summed E-state index contributed by atoms with van der Waals surface area (Å²) in [4.78, 5) is 14.2. The minimum atomic E-state index is -3.66. The second kappa shape index (κ2) is 8.78. The average molecular weight is 379 g/mol. The Morgan fingerprint density at radius 3 is 2.54 bits per heavy atom. The number of nitrogens with two attached hydrogens (primary N) is 1. The molecule has 1 heterocycles. The number of amides is 1. The van der Waals surface area contributed by atoms with Crippen molar-refractivity contribution in [1.29, 1.82) is 0 Å². The Morgan fingerprint density at radius 2 is 1.96 bits per heavy atom. The number of likely N-dealkylation sites (tertiary alicyclic amines) is 1. The number of halogens is 2. The predicted octanol–water partition coefficient (Wildman–Crippen LogP) is 2.14. The summed E-state index contributed by atoms with van der Waals surface area (Å²) in [6, 6.07) is 4.68. The molecule has 1 aromatic carbocycles. The average Bonchev–Trinajstić information content (AvgIpc) is 2.55. The zero-order valence-electron chi connectivity index (χ0n) is 13.7. The molecule has 0 bridgehead atoms. The first kappa shape index (κ1) is 20.9. The molecule has 24 heavy (non-hydrogen) atoms. The van der Waals surface area contributed by atoms with Crippen molar-refractivity contribution in [1.82, 2.24) is 4.90 Å². The van der Waals surface area contributed by atoms with E-state index >= 15 is 0 Å². The first-order valence-corrected chi connectivity index (χ1v) is 9.40. The van der Waals surface area contributed by atoms with Crippen LogP contribution in [-0.4, -0.2) is 43.6 Å². The highest BCUT2D eigenvalue weighted by molar-refractivity contribution is 7.92. The second-order valence-corrected chi connectivity index (χ2v) is 8.35. The van der Waals surface area contributed by atoms with E-state index in [1.54, 1.807) is 4.90 Å². The first-order chi connectivity index (χ1) is 10.9. The molecule has 2 N–H and O–H groups in total. The molecule has 5 nitrogen and oxygen atoms in total. The molecule has 0 aromatic heterocycles. The zero-order valence-corrected chi connectivity index (χ0v) is 15.3. The topological polar surface area (TPSA) is 80.5 Å². The standard InChI is InChI=1S/C16H23FN2O3S.ClH/c1-12(23(21,22)15-7-5-13(17)6-8-15)10-16(20)19-9-3-2-4-14(19)11-18;/h5-8,12,14H,2-4,9-11,18H2,1H3;1H. The van der Waals surface area contributed by atoms with Crippen molar-refractivity contribution in [3.63, 3.8) is 0 Å². The molecule has 1 aliphatic heterocycles. The Labute approximate surface area is 148 Å². The van der Waals surface area contributed by atoms with Gasteiger partial charge in [-0.05, 0) is 50.5 Å². The van der Waals surface area contributed by atoms with Crippen LogP contribution in [0.5, 0.6) is 0 Å². The molecular formula is C16H24ClFN2O3S. The minimum absolute atomic E-state index is 0. The van der Waals surface area contributed by atoms with Crippen LogP contribution < -0.4 is 5.73 Å². The van der Waals surface area contributed by atoms with E-state index in [2.05, 4.69) is 0 Å². The van der Waals surface area contributed by atoms with E-state index in [1.807, 2.05) is 0 Å². The SMILES string of the molecule is CC(CC(=O)N1CCCCC1CN)S(=O)(=O)c1ccc(F)cc1.Cl.